The van der Waals surface area contributed by atoms with Crippen LogP contribution in [0.25, 0.3) is 0 Å². The molecular weight excluding hydrogens is 442 g/mol. The highest BCUT2D eigenvalue weighted by molar-refractivity contribution is 7.89. The van der Waals surface area contributed by atoms with Crippen molar-refractivity contribution >= 4 is 15.9 Å². The molecular formula is C22H24F2N2O5S. The molecule has 0 aliphatic carbocycles. The molecule has 0 radical (unpaired) electrons. The van der Waals surface area contributed by atoms with Crippen LogP contribution in [-0.4, -0.2) is 63.4 Å². The second kappa shape index (κ2) is 10.1. The lowest BCUT2D eigenvalue weighted by molar-refractivity contribution is -0.134. The number of halogens is 2. The minimum atomic E-state index is -4.13. The third-order valence-corrected chi connectivity index (χ3v) is 6.99. The first-order valence-electron chi connectivity index (χ1n) is 9.90. The molecule has 7 nitrogen and oxygen atoms in total. The minimum absolute atomic E-state index is 0.00946. The van der Waals surface area contributed by atoms with Gasteiger partial charge in [-0.3, -0.25) is 4.79 Å². The number of ether oxygens (including phenoxy) is 2. The summed E-state index contributed by atoms with van der Waals surface area (Å²) < 4.78 is 64.4. The van der Waals surface area contributed by atoms with Crippen LogP contribution in [0.2, 0.25) is 0 Å². The van der Waals surface area contributed by atoms with Crippen LogP contribution < -0.4 is 9.47 Å². The molecule has 1 aliphatic rings. The second-order valence-corrected chi connectivity index (χ2v) is 9.03. The Morgan fingerprint density at radius 2 is 1.81 bits per heavy atom. The molecule has 1 fully saturated rings. The highest BCUT2D eigenvalue weighted by atomic mass is 32.2. The predicted molar refractivity (Wildman–Crippen MR) is 114 cm³/mol. The summed E-state index contributed by atoms with van der Waals surface area (Å²) in [5, 5.41) is 0. The Morgan fingerprint density at radius 3 is 2.44 bits per heavy atom. The summed E-state index contributed by atoms with van der Waals surface area (Å²) in [7, 11) is -2.63. The van der Waals surface area contributed by atoms with Gasteiger partial charge < -0.3 is 14.4 Å². The van der Waals surface area contributed by atoms with Crippen LogP contribution in [0.4, 0.5) is 8.78 Å². The molecule has 0 N–H and O–H groups in total. The maximum Gasteiger partial charge on any atom is 0.260 e. The number of benzene rings is 2. The molecule has 172 valence electrons. The number of carbonyl (C=O) groups is 1. The van der Waals surface area contributed by atoms with Crippen molar-refractivity contribution in [2.75, 3.05) is 39.9 Å². The van der Waals surface area contributed by atoms with Gasteiger partial charge in [0.1, 0.15) is 16.5 Å². The molecule has 2 aromatic carbocycles. The first-order chi connectivity index (χ1) is 15.3. The van der Waals surface area contributed by atoms with Gasteiger partial charge >= 0.3 is 0 Å². The minimum Gasteiger partial charge on any atom is -0.493 e. The summed E-state index contributed by atoms with van der Waals surface area (Å²) in [5.74, 6) is -1.41. The van der Waals surface area contributed by atoms with Crippen LogP contribution in [0.15, 0.2) is 53.9 Å². The van der Waals surface area contributed by atoms with Crippen molar-refractivity contribution in [2.45, 2.75) is 11.3 Å². The Labute approximate surface area is 185 Å². The van der Waals surface area contributed by atoms with Crippen molar-refractivity contribution in [1.82, 2.24) is 9.21 Å². The van der Waals surface area contributed by atoms with Gasteiger partial charge in [-0.15, -0.1) is 6.58 Å². The van der Waals surface area contributed by atoms with Crippen molar-refractivity contribution in [3.8, 4) is 11.5 Å². The Bertz CT molecular complexity index is 1100. The summed E-state index contributed by atoms with van der Waals surface area (Å²) in [6.45, 7) is 3.68. The van der Waals surface area contributed by atoms with Crippen LogP contribution in [0.5, 0.6) is 11.5 Å². The standard InChI is InChI=1S/C22H24F2N2O5S/c1-3-4-16-5-7-19(20(13-16)30-2)31-15-22(27)25-9-11-26(12-10-25)32(28,29)21-8-6-17(23)14-18(21)24/h3,5-8,13-14H,1,4,9-12,15H2,2H3. The van der Waals surface area contributed by atoms with E-state index in [1.165, 1.54) is 12.0 Å². The number of hydrogen-bond acceptors (Lipinski definition) is 5. The van der Waals surface area contributed by atoms with E-state index in [4.69, 9.17) is 9.47 Å². The van der Waals surface area contributed by atoms with Crippen LogP contribution in [0, 0.1) is 11.6 Å². The molecule has 0 bridgehead atoms. The number of nitrogens with zero attached hydrogens (tertiary/aromatic N) is 2. The summed E-state index contributed by atoms with van der Waals surface area (Å²) in [6, 6.07) is 7.70. The number of methoxy groups -OCH3 is 1. The third-order valence-electron chi connectivity index (χ3n) is 5.06. The van der Waals surface area contributed by atoms with E-state index in [1.54, 1.807) is 18.2 Å². The fraction of sp³-hybridized carbons (Fsp3) is 0.318. The SMILES string of the molecule is C=CCc1ccc(OCC(=O)N2CCN(S(=O)(=O)c3ccc(F)cc3F)CC2)c(OC)c1. The fourth-order valence-electron chi connectivity index (χ4n) is 3.36. The molecule has 0 unspecified atom stereocenters. The van der Waals surface area contributed by atoms with E-state index in [0.29, 0.717) is 24.0 Å². The van der Waals surface area contributed by atoms with Gasteiger partial charge in [-0.05, 0) is 36.2 Å². The maximum absolute atomic E-state index is 14.0. The summed E-state index contributed by atoms with van der Waals surface area (Å²) in [6.07, 6.45) is 2.44. The molecule has 0 atom stereocenters. The lowest BCUT2D eigenvalue weighted by Gasteiger charge is -2.34. The molecule has 1 aliphatic heterocycles. The van der Waals surface area contributed by atoms with Gasteiger partial charge in [0.2, 0.25) is 10.0 Å². The van der Waals surface area contributed by atoms with Gasteiger partial charge in [-0.1, -0.05) is 12.1 Å². The van der Waals surface area contributed by atoms with E-state index in [2.05, 4.69) is 6.58 Å². The topological polar surface area (TPSA) is 76.2 Å². The Hall–Kier alpha value is -2.98. The van der Waals surface area contributed by atoms with Gasteiger partial charge in [0, 0.05) is 32.2 Å². The lowest BCUT2D eigenvalue weighted by Crippen LogP contribution is -2.51. The zero-order valence-electron chi connectivity index (χ0n) is 17.6. The molecule has 0 spiro atoms. The number of amides is 1. The summed E-state index contributed by atoms with van der Waals surface area (Å²) in [4.78, 5) is 13.4. The molecule has 1 heterocycles. The Kier molecular flexibility index (Phi) is 7.47. The monoisotopic (exact) mass is 466 g/mol. The van der Waals surface area contributed by atoms with E-state index in [-0.39, 0.29) is 38.7 Å². The molecule has 10 heteroatoms. The van der Waals surface area contributed by atoms with Crippen LogP contribution >= 0.6 is 0 Å². The van der Waals surface area contributed by atoms with Crippen molar-refractivity contribution in [2.24, 2.45) is 0 Å². The average molecular weight is 467 g/mol. The van der Waals surface area contributed by atoms with E-state index >= 15 is 0 Å². The number of allylic oxidation sites excluding steroid dienone is 1. The smallest absolute Gasteiger partial charge is 0.260 e. The van der Waals surface area contributed by atoms with Crippen LogP contribution in [-0.2, 0) is 21.2 Å². The normalized spacial score (nSPS) is 14.8. The zero-order chi connectivity index (χ0) is 23.3. The van der Waals surface area contributed by atoms with Crippen molar-refractivity contribution in [1.29, 1.82) is 0 Å². The van der Waals surface area contributed by atoms with Crippen molar-refractivity contribution < 1.29 is 31.5 Å². The number of sulfonamides is 1. The van der Waals surface area contributed by atoms with E-state index in [1.807, 2.05) is 6.07 Å². The van der Waals surface area contributed by atoms with Crippen LogP contribution in [0.3, 0.4) is 0 Å². The highest BCUT2D eigenvalue weighted by Gasteiger charge is 2.32. The Balaban J connectivity index is 1.58. The van der Waals surface area contributed by atoms with Crippen LogP contribution in [0.1, 0.15) is 5.56 Å². The molecule has 1 saturated heterocycles. The lowest BCUT2D eigenvalue weighted by atomic mass is 10.1. The largest absolute Gasteiger partial charge is 0.493 e. The first kappa shape index (κ1) is 23.7. The summed E-state index contributed by atoms with van der Waals surface area (Å²) >= 11 is 0. The first-order valence-corrected chi connectivity index (χ1v) is 11.3. The molecule has 0 aromatic heterocycles. The third kappa shape index (κ3) is 5.25. The average Bonchev–Trinajstić information content (AvgIpc) is 2.78. The van der Waals surface area contributed by atoms with Crippen molar-refractivity contribution in [3.63, 3.8) is 0 Å². The molecule has 32 heavy (non-hydrogen) atoms. The molecule has 2 aromatic rings. The van der Waals surface area contributed by atoms with E-state index < -0.39 is 26.6 Å². The van der Waals surface area contributed by atoms with Gasteiger partial charge in [0.15, 0.2) is 18.1 Å². The number of piperazine rings is 1. The Morgan fingerprint density at radius 1 is 1.09 bits per heavy atom. The predicted octanol–water partition coefficient (Wildman–Crippen LogP) is 2.61. The quantitative estimate of drug-likeness (QED) is 0.559. The van der Waals surface area contributed by atoms with E-state index in [9.17, 15) is 22.0 Å². The zero-order valence-corrected chi connectivity index (χ0v) is 18.4. The fourth-order valence-corrected chi connectivity index (χ4v) is 4.82. The maximum atomic E-state index is 14.0. The number of rotatable bonds is 8. The molecule has 0 saturated carbocycles. The van der Waals surface area contributed by atoms with E-state index in [0.717, 1.165) is 22.0 Å². The van der Waals surface area contributed by atoms with Crippen molar-refractivity contribution in [3.05, 3.63) is 66.3 Å². The highest BCUT2D eigenvalue weighted by Crippen LogP contribution is 2.28. The van der Waals surface area contributed by atoms with Gasteiger partial charge in [0.05, 0.1) is 7.11 Å². The van der Waals surface area contributed by atoms with Gasteiger partial charge in [0.25, 0.3) is 5.91 Å². The van der Waals surface area contributed by atoms with Gasteiger partial charge in [-0.25, -0.2) is 17.2 Å². The summed E-state index contributed by atoms with van der Waals surface area (Å²) in [5.41, 5.74) is 0.991. The number of carbonyl (C=O) groups excluding carboxylic acids is 1. The second-order valence-electron chi connectivity index (χ2n) is 7.13. The number of hydrogen-bond donors (Lipinski definition) is 0. The molecule has 3 rings (SSSR count). The molecule has 1 amide bonds. The van der Waals surface area contributed by atoms with Gasteiger partial charge in [-0.2, -0.15) is 4.31 Å².